The molecule has 1 atom stereocenters. The van der Waals surface area contributed by atoms with Gasteiger partial charge >= 0.3 is 0 Å². The van der Waals surface area contributed by atoms with Gasteiger partial charge in [0, 0.05) is 24.7 Å². The van der Waals surface area contributed by atoms with Crippen LogP contribution in [0.5, 0.6) is 5.75 Å². The van der Waals surface area contributed by atoms with Gasteiger partial charge < -0.3 is 10.1 Å². The molecule has 0 saturated carbocycles. The van der Waals surface area contributed by atoms with Gasteiger partial charge in [-0.05, 0) is 54.3 Å². The summed E-state index contributed by atoms with van der Waals surface area (Å²) in [6, 6.07) is 12.2. The van der Waals surface area contributed by atoms with Crippen LogP contribution >= 0.6 is 11.6 Å². The summed E-state index contributed by atoms with van der Waals surface area (Å²) in [5.74, 6) is 0.646. The number of benzene rings is 2. The first-order valence-corrected chi connectivity index (χ1v) is 8.56. The molecule has 1 amide bonds. The molecule has 2 aliphatic heterocycles. The molecule has 0 aromatic heterocycles. The largest absolute Gasteiger partial charge is 0.479 e. The molecule has 0 spiro atoms. The van der Waals surface area contributed by atoms with Crippen LogP contribution in [0.3, 0.4) is 0 Å². The number of fused-ring (bicyclic) bond motifs is 2. The van der Waals surface area contributed by atoms with E-state index in [4.69, 9.17) is 16.3 Å². The number of nitrogens with one attached hydrogen (secondary N) is 1. The Labute approximate surface area is 146 Å². The number of amides is 1. The maximum atomic E-state index is 11.8. The zero-order chi connectivity index (χ0) is 16.7. The van der Waals surface area contributed by atoms with E-state index in [0.717, 1.165) is 42.5 Å². The minimum Gasteiger partial charge on any atom is -0.479 e. The molecular weight excluding hydrogens is 324 g/mol. The van der Waals surface area contributed by atoms with Crippen LogP contribution in [0.25, 0.3) is 0 Å². The molecule has 2 aromatic rings. The van der Waals surface area contributed by atoms with Crippen LogP contribution in [-0.4, -0.2) is 23.5 Å². The maximum absolute atomic E-state index is 11.8. The summed E-state index contributed by atoms with van der Waals surface area (Å²) >= 11 is 6.07. The highest BCUT2D eigenvalue weighted by molar-refractivity contribution is 6.30. The topological polar surface area (TPSA) is 41.6 Å². The fourth-order valence-electron chi connectivity index (χ4n) is 3.33. The molecule has 2 aromatic carbocycles. The number of ether oxygens (including phenoxy) is 1. The summed E-state index contributed by atoms with van der Waals surface area (Å²) in [5.41, 5.74) is 4.62. The van der Waals surface area contributed by atoms with Crippen molar-refractivity contribution in [2.45, 2.75) is 32.5 Å². The number of rotatable bonds is 2. The number of hydrogen-bond donors (Lipinski definition) is 1. The molecule has 124 valence electrons. The highest BCUT2D eigenvalue weighted by Crippen LogP contribution is 2.31. The average molecular weight is 343 g/mol. The van der Waals surface area contributed by atoms with Gasteiger partial charge in [-0.3, -0.25) is 9.69 Å². The van der Waals surface area contributed by atoms with Gasteiger partial charge in [-0.25, -0.2) is 0 Å². The summed E-state index contributed by atoms with van der Waals surface area (Å²) in [7, 11) is 0. The molecule has 4 rings (SSSR count). The minimum atomic E-state index is -0.436. The lowest BCUT2D eigenvalue weighted by molar-refractivity contribution is -0.122. The van der Waals surface area contributed by atoms with Crippen LogP contribution in [0.4, 0.5) is 5.69 Å². The van der Waals surface area contributed by atoms with Crippen molar-refractivity contribution in [3.63, 3.8) is 0 Å². The normalized spacial score (nSPS) is 19.9. The van der Waals surface area contributed by atoms with E-state index < -0.39 is 6.10 Å². The van der Waals surface area contributed by atoms with E-state index in [0.29, 0.717) is 0 Å². The van der Waals surface area contributed by atoms with E-state index in [9.17, 15) is 4.79 Å². The van der Waals surface area contributed by atoms with Gasteiger partial charge in [0.2, 0.25) is 0 Å². The molecule has 1 unspecified atom stereocenters. The van der Waals surface area contributed by atoms with Crippen molar-refractivity contribution in [2.24, 2.45) is 0 Å². The predicted molar refractivity (Wildman–Crippen MR) is 94.4 cm³/mol. The van der Waals surface area contributed by atoms with Crippen molar-refractivity contribution in [3.8, 4) is 5.75 Å². The Morgan fingerprint density at radius 2 is 2.12 bits per heavy atom. The third kappa shape index (κ3) is 2.99. The fourth-order valence-corrected chi connectivity index (χ4v) is 3.52. The van der Waals surface area contributed by atoms with Crippen molar-refractivity contribution >= 4 is 23.2 Å². The Kier molecular flexibility index (Phi) is 3.94. The number of carbonyl (C=O) groups excluding carboxylic acids is 1. The van der Waals surface area contributed by atoms with E-state index >= 15 is 0 Å². The smallest absolute Gasteiger partial charge is 0.265 e. The highest BCUT2D eigenvalue weighted by Gasteiger charge is 2.24. The lowest BCUT2D eigenvalue weighted by Gasteiger charge is -2.29. The number of hydrogen-bond acceptors (Lipinski definition) is 3. The third-order valence-electron chi connectivity index (χ3n) is 4.64. The van der Waals surface area contributed by atoms with E-state index in [1.807, 2.05) is 18.2 Å². The predicted octanol–water partition coefficient (Wildman–Crippen LogP) is 3.62. The Bertz CT molecular complexity index is 806. The molecule has 0 radical (unpaired) electrons. The number of carbonyl (C=O) groups is 1. The van der Waals surface area contributed by atoms with Gasteiger partial charge in [-0.15, -0.1) is 0 Å². The second kappa shape index (κ2) is 6.11. The lowest BCUT2D eigenvalue weighted by Crippen LogP contribution is -2.34. The molecule has 0 aliphatic carbocycles. The quantitative estimate of drug-likeness (QED) is 0.906. The van der Waals surface area contributed by atoms with Crippen LogP contribution in [-0.2, 0) is 24.3 Å². The zero-order valence-electron chi connectivity index (χ0n) is 13.5. The maximum Gasteiger partial charge on any atom is 0.265 e. The summed E-state index contributed by atoms with van der Waals surface area (Å²) in [6.07, 6.45) is 0.576. The zero-order valence-corrected chi connectivity index (χ0v) is 14.3. The van der Waals surface area contributed by atoms with Crippen molar-refractivity contribution in [1.82, 2.24) is 4.90 Å². The van der Waals surface area contributed by atoms with Crippen molar-refractivity contribution < 1.29 is 9.53 Å². The SMILES string of the molecule is CC1Oc2ccc(CN3CCc4cc(Cl)ccc4C3)cc2NC1=O. The molecule has 4 nitrogen and oxygen atoms in total. The monoisotopic (exact) mass is 342 g/mol. The fraction of sp³-hybridized carbons (Fsp3) is 0.316. The van der Waals surface area contributed by atoms with Gasteiger partial charge in [0.1, 0.15) is 5.75 Å². The summed E-state index contributed by atoms with van der Waals surface area (Å²) in [4.78, 5) is 14.2. The molecule has 1 N–H and O–H groups in total. The number of nitrogens with zero attached hydrogens (tertiary/aromatic N) is 1. The Balaban J connectivity index is 1.49. The van der Waals surface area contributed by atoms with E-state index in [-0.39, 0.29) is 5.91 Å². The first-order valence-electron chi connectivity index (χ1n) is 8.18. The molecule has 24 heavy (non-hydrogen) atoms. The van der Waals surface area contributed by atoms with Crippen LogP contribution < -0.4 is 10.1 Å². The van der Waals surface area contributed by atoms with Crippen molar-refractivity contribution in [3.05, 3.63) is 58.1 Å². The number of anilines is 1. The molecular formula is C19H19ClN2O2. The van der Waals surface area contributed by atoms with Gasteiger partial charge in [-0.2, -0.15) is 0 Å². The Morgan fingerprint density at radius 1 is 1.25 bits per heavy atom. The average Bonchev–Trinajstić information content (AvgIpc) is 2.56. The minimum absolute atomic E-state index is 0.0940. The van der Waals surface area contributed by atoms with Crippen molar-refractivity contribution in [2.75, 3.05) is 11.9 Å². The van der Waals surface area contributed by atoms with E-state index in [1.165, 1.54) is 16.7 Å². The van der Waals surface area contributed by atoms with Crippen LogP contribution in [0.1, 0.15) is 23.6 Å². The molecule has 2 aliphatic rings. The summed E-state index contributed by atoms with van der Waals surface area (Å²) < 4.78 is 5.61. The molecule has 5 heteroatoms. The van der Waals surface area contributed by atoms with Gasteiger partial charge in [-0.1, -0.05) is 23.7 Å². The third-order valence-corrected chi connectivity index (χ3v) is 4.88. The van der Waals surface area contributed by atoms with Gasteiger partial charge in [0.15, 0.2) is 6.10 Å². The van der Waals surface area contributed by atoms with Crippen molar-refractivity contribution in [1.29, 1.82) is 0 Å². The standard InChI is InChI=1S/C19H19ClN2O2/c1-12-19(23)21-17-8-13(2-5-18(17)24-12)10-22-7-6-14-9-16(20)4-3-15(14)11-22/h2-5,8-9,12H,6-7,10-11H2,1H3,(H,21,23). The van der Waals surface area contributed by atoms with Crippen LogP contribution in [0, 0.1) is 0 Å². The highest BCUT2D eigenvalue weighted by atomic mass is 35.5. The second-order valence-corrected chi connectivity index (χ2v) is 6.89. The Hall–Kier alpha value is -2.04. The van der Waals surface area contributed by atoms with Crippen LogP contribution in [0.2, 0.25) is 5.02 Å². The van der Waals surface area contributed by atoms with Gasteiger partial charge in [0.25, 0.3) is 5.91 Å². The first-order chi connectivity index (χ1) is 11.6. The molecule has 2 heterocycles. The summed E-state index contributed by atoms with van der Waals surface area (Å²) in [5, 5.41) is 3.72. The van der Waals surface area contributed by atoms with E-state index in [2.05, 4.69) is 28.4 Å². The van der Waals surface area contributed by atoms with Gasteiger partial charge in [0.05, 0.1) is 5.69 Å². The van der Waals surface area contributed by atoms with E-state index in [1.54, 1.807) is 6.92 Å². The Morgan fingerprint density at radius 3 is 3.00 bits per heavy atom. The molecule has 0 saturated heterocycles. The number of halogens is 1. The first kappa shape index (κ1) is 15.5. The molecule has 0 fully saturated rings. The second-order valence-electron chi connectivity index (χ2n) is 6.45. The lowest BCUT2D eigenvalue weighted by atomic mass is 9.99. The summed E-state index contributed by atoms with van der Waals surface area (Å²) in [6.45, 7) is 4.53. The van der Waals surface area contributed by atoms with Crippen LogP contribution in [0.15, 0.2) is 36.4 Å². The molecule has 0 bridgehead atoms.